The van der Waals surface area contributed by atoms with Crippen LogP contribution in [0.5, 0.6) is 0 Å². The summed E-state index contributed by atoms with van der Waals surface area (Å²) >= 11 is 3.25. The second-order valence-electron chi connectivity index (χ2n) is 6.53. The van der Waals surface area contributed by atoms with Gasteiger partial charge in [-0.2, -0.15) is 20.4 Å². The minimum absolute atomic E-state index is 0.0456. The summed E-state index contributed by atoms with van der Waals surface area (Å²) in [4.78, 5) is 2.20. The molecule has 4 aromatic rings. The van der Waals surface area contributed by atoms with E-state index >= 15 is 0 Å². The first-order valence-electron chi connectivity index (χ1n) is 9.16. The van der Waals surface area contributed by atoms with E-state index in [-0.39, 0.29) is 18.0 Å². The molecule has 0 amide bonds. The number of aliphatic hydroxyl groups excluding tert-OH is 1. The predicted octanol–water partition coefficient (Wildman–Crippen LogP) is 4.10. The molecule has 0 fully saturated rings. The van der Waals surface area contributed by atoms with Crippen molar-refractivity contribution in [2.75, 3.05) is 0 Å². The molecule has 0 aliphatic carbocycles. The first-order valence-corrected chi connectivity index (χ1v) is 10.3. The minimum Gasteiger partial charge on any atom is -0.390 e. The molecule has 32 heavy (non-hydrogen) atoms. The highest BCUT2D eigenvalue weighted by atomic mass is 79.9. The van der Waals surface area contributed by atoms with Gasteiger partial charge in [0, 0.05) is 17.5 Å². The van der Waals surface area contributed by atoms with Crippen molar-refractivity contribution in [2.24, 2.45) is 0 Å². The van der Waals surface area contributed by atoms with Crippen LogP contribution in [-0.2, 0) is 11.9 Å². The van der Waals surface area contributed by atoms with Gasteiger partial charge in [-0.1, -0.05) is 15.9 Å². The summed E-state index contributed by atoms with van der Waals surface area (Å²) in [7, 11) is 0. The number of aryl methyl sites for hydroxylation is 2. The van der Waals surface area contributed by atoms with Crippen molar-refractivity contribution in [1.82, 2.24) is 30.0 Å². The van der Waals surface area contributed by atoms with Crippen molar-refractivity contribution in [2.45, 2.75) is 25.8 Å². The van der Waals surface area contributed by atoms with Crippen molar-refractivity contribution in [3.8, 4) is 11.4 Å². The van der Waals surface area contributed by atoms with Crippen LogP contribution in [0.25, 0.3) is 11.4 Å². The van der Waals surface area contributed by atoms with Crippen molar-refractivity contribution in [3.63, 3.8) is 0 Å². The molecule has 0 aliphatic heterocycles. The van der Waals surface area contributed by atoms with Gasteiger partial charge in [0.2, 0.25) is 0 Å². The van der Waals surface area contributed by atoms with E-state index in [1.165, 1.54) is 23.0 Å². The summed E-state index contributed by atoms with van der Waals surface area (Å²) in [5.74, 6) is -2.71. The van der Waals surface area contributed by atoms with Crippen LogP contribution in [-0.4, -0.2) is 35.1 Å². The zero-order valence-electron chi connectivity index (χ0n) is 16.9. The summed E-state index contributed by atoms with van der Waals surface area (Å²) in [6.07, 6.45) is 0. The van der Waals surface area contributed by atoms with Gasteiger partial charge in [-0.3, -0.25) is 0 Å². The maximum atomic E-state index is 13.4. The first-order chi connectivity index (χ1) is 15.2. The molecule has 12 heteroatoms. The summed E-state index contributed by atoms with van der Waals surface area (Å²) < 4.78 is 52.2. The van der Waals surface area contributed by atoms with Gasteiger partial charge in [0.15, 0.2) is 11.6 Å². The molecule has 0 saturated carbocycles. The highest BCUT2D eigenvalue weighted by Gasteiger charge is 2.12. The molecule has 0 bridgehead atoms. The van der Waals surface area contributed by atoms with Crippen molar-refractivity contribution < 1.29 is 22.7 Å². The van der Waals surface area contributed by atoms with Crippen LogP contribution in [0.15, 0.2) is 36.4 Å². The summed E-state index contributed by atoms with van der Waals surface area (Å²) in [5, 5.41) is 25.4. The zero-order chi connectivity index (χ0) is 23.4. The molecule has 7 nitrogen and oxygen atoms in total. The first kappa shape index (κ1) is 23.5. The van der Waals surface area contributed by atoms with Crippen LogP contribution in [0.2, 0.25) is 0 Å². The Balaban J connectivity index is 0.000000181. The lowest BCUT2D eigenvalue weighted by Gasteiger charge is -2.00. The highest BCUT2D eigenvalue weighted by Crippen LogP contribution is 2.16. The zero-order valence-corrected chi connectivity index (χ0v) is 18.5. The number of aliphatic hydroxyl groups is 1. The van der Waals surface area contributed by atoms with Crippen LogP contribution in [0.3, 0.4) is 0 Å². The lowest BCUT2D eigenvalue weighted by atomic mass is 10.3. The number of rotatable bonds is 4. The van der Waals surface area contributed by atoms with E-state index in [9.17, 15) is 17.6 Å². The Morgan fingerprint density at radius 3 is 1.53 bits per heavy atom. The maximum absolute atomic E-state index is 13.4. The monoisotopic (exact) mass is 512 g/mol. The lowest BCUT2D eigenvalue weighted by molar-refractivity contribution is 0.275. The molecule has 2 aromatic heterocycles. The van der Waals surface area contributed by atoms with Crippen LogP contribution in [0.1, 0.15) is 22.8 Å². The van der Waals surface area contributed by atoms with E-state index in [0.717, 1.165) is 28.7 Å². The molecule has 2 heterocycles. The van der Waals surface area contributed by atoms with E-state index in [4.69, 9.17) is 5.11 Å². The average molecular weight is 513 g/mol. The molecule has 0 aliphatic rings. The predicted molar refractivity (Wildman–Crippen MR) is 111 cm³/mol. The van der Waals surface area contributed by atoms with E-state index < -0.39 is 23.3 Å². The maximum Gasteiger partial charge on any atom is 0.153 e. The number of benzene rings is 2. The van der Waals surface area contributed by atoms with Gasteiger partial charge in [0.25, 0.3) is 0 Å². The van der Waals surface area contributed by atoms with Gasteiger partial charge in [-0.25, -0.2) is 17.6 Å². The largest absolute Gasteiger partial charge is 0.390 e. The van der Waals surface area contributed by atoms with Crippen LogP contribution in [0.4, 0.5) is 17.6 Å². The Bertz CT molecular complexity index is 1150. The van der Waals surface area contributed by atoms with Crippen molar-refractivity contribution in [3.05, 3.63) is 82.4 Å². The van der Waals surface area contributed by atoms with Crippen LogP contribution in [0, 0.1) is 37.1 Å². The van der Waals surface area contributed by atoms with E-state index in [2.05, 4.69) is 36.3 Å². The lowest BCUT2D eigenvalue weighted by Crippen LogP contribution is -2.02. The number of hydrogen-bond donors (Lipinski definition) is 1. The third kappa shape index (κ3) is 5.19. The number of alkyl halides is 1. The number of aromatic nitrogens is 6. The Morgan fingerprint density at radius 1 is 0.750 bits per heavy atom. The SMILES string of the molecule is Cc1nn(-c2ccc(F)cc2F)nc1CBr.Cc1nn(-c2ccc(F)cc2F)nc1CO. The third-order valence-electron chi connectivity index (χ3n) is 4.28. The third-order valence-corrected chi connectivity index (χ3v) is 4.81. The number of hydrogen-bond acceptors (Lipinski definition) is 5. The second kappa shape index (κ2) is 10.0. The molecule has 2 aromatic carbocycles. The normalized spacial score (nSPS) is 10.8. The second-order valence-corrected chi connectivity index (χ2v) is 7.09. The molecule has 0 atom stereocenters. The topological polar surface area (TPSA) is 81.7 Å². The average Bonchev–Trinajstić information content (AvgIpc) is 3.30. The number of halogens is 5. The van der Waals surface area contributed by atoms with Crippen molar-refractivity contribution >= 4 is 15.9 Å². The van der Waals surface area contributed by atoms with Gasteiger partial charge < -0.3 is 5.11 Å². The molecule has 0 radical (unpaired) electrons. The fraction of sp³-hybridized carbons (Fsp3) is 0.200. The molecule has 0 unspecified atom stereocenters. The fourth-order valence-corrected chi connectivity index (χ4v) is 3.11. The molecule has 0 spiro atoms. The van der Waals surface area contributed by atoms with Crippen LogP contribution < -0.4 is 0 Å². The Morgan fingerprint density at radius 2 is 1.19 bits per heavy atom. The standard InChI is InChI=1S/C10H8BrF2N3.C10H9F2N3O/c1-6-9(5-11)15-16(14-6)10-3-2-7(12)4-8(10)13;1-6-9(5-16)14-15(13-6)10-3-2-7(11)4-8(10)12/h2-4H,5H2,1H3;2-4,16H,5H2,1H3. The van der Waals surface area contributed by atoms with Gasteiger partial charge in [-0.15, -0.1) is 9.59 Å². The van der Waals surface area contributed by atoms with Crippen molar-refractivity contribution in [1.29, 1.82) is 0 Å². The molecular weight excluding hydrogens is 496 g/mol. The molecule has 168 valence electrons. The van der Waals surface area contributed by atoms with Gasteiger partial charge in [0.05, 0.1) is 23.7 Å². The van der Waals surface area contributed by atoms with Crippen LogP contribution >= 0.6 is 15.9 Å². The highest BCUT2D eigenvalue weighted by molar-refractivity contribution is 9.08. The molecule has 1 N–H and O–H groups in total. The smallest absolute Gasteiger partial charge is 0.153 e. The summed E-state index contributed by atoms with van der Waals surface area (Å²) in [5.41, 5.74) is 2.49. The quantitative estimate of drug-likeness (QED) is 0.329. The fourth-order valence-electron chi connectivity index (χ4n) is 2.59. The number of nitrogens with zero attached hydrogens (tertiary/aromatic N) is 6. The molecule has 4 rings (SSSR count). The van der Waals surface area contributed by atoms with E-state index in [1.54, 1.807) is 13.8 Å². The molecule has 0 saturated heterocycles. The minimum atomic E-state index is -0.750. The van der Waals surface area contributed by atoms with Gasteiger partial charge in [0.1, 0.15) is 28.7 Å². The van der Waals surface area contributed by atoms with Gasteiger partial charge in [-0.05, 0) is 38.1 Å². The van der Waals surface area contributed by atoms with Gasteiger partial charge >= 0.3 is 0 Å². The van der Waals surface area contributed by atoms with E-state index in [1.807, 2.05) is 0 Å². The Hall–Kier alpha value is -3.12. The Labute approximate surface area is 188 Å². The Kier molecular flexibility index (Phi) is 7.36. The summed E-state index contributed by atoms with van der Waals surface area (Å²) in [6, 6.07) is 6.41. The molecular formula is C20H17BrF4N6O. The summed E-state index contributed by atoms with van der Waals surface area (Å²) in [6.45, 7) is 3.16. The van der Waals surface area contributed by atoms with E-state index in [0.29, 0.717) is 22.4 Å².